The lowest BCUT2D eigenvalue weighted by Gasteiger charge is -2.13. The average molecular weight is 510 g/mol. The van der Waals surface area contributed by atoms with Gasteiger partial charge in [-0.2, -0.15) is 0 Å². The van der Waals surface area contributed by atoms with Crippen molar-refractivity contribution in [3.63, 3.8) is 0 Å². The SMILES string of the molecule is C=CCn1c(CNC(=O)c2ccc(OC)c(OC)c2)nnc1SCC(=O)Nc1c(C)cc(C)cc1C. The van der Waals surface area contributed by atoms with Crippen LogP contribution in [0.2, 0.25) is 0 Å². The molecule has 0 aliphatic carbocycles. The topological polar surface area (TPSA) is 107 Å². The van der Waals surface area contributed by atoms with Crippen LogP contribution in [0.25, 0.3) is 0 Å². The summed E-state index contributed by atoms with van der Waals surface area (Å²) in [7, 11) is 3.05. The third kappa shape index (κ3) is 6.45. The van der Waals surface area contributed by atoms with Crippen molar-refractivity contribution in [1.82, 2.24) is 20.1 Å². The molecule has 0 atom stereocenters. The van der Waals surface area contributed by atoms with Gasteiger partial charge in [-0.15, -0.1) is 16.8 Å². The minimum Gasteiger partial charge on any atom is -0.493 e. The Kier molecular flexibility index (Phi) is 9.13. The van der Waals surface area contributed by atoms with Crippen molar-refractivity contribution in [3.05, 3.63) is 71.1 Å². The minimum absolute atomic E-state index is 0.133. The van der Waals surface area contributed by atoms with E-state index < -0.39 is 0 Å². The third-order valence-electron chi connectivity index (χ3n) is 5.43. The van der Waals surface area contributed by atoms with Crippen LogP contribution in [0.1, 0.15) is 32.9 Å². The molecule has 36 heavy (non-hydrogen) atoms. The Morgan fingerprint density at radius 1 is 1.06 bits per heavy atom. The first-order valence-corrected chi connectivity index (χ1v) is 12.3. The fourth-order valence-electron chi connectivity index (χ4n) is 3.79. The summed E-state index contributed by atoms with van der Waals surface area (Å²) in [5, 5.41) is 14.8. The normalized spacial score (nSPS) is 10.6. The number of aromatic nitrogens is 3. The van der Waals surface area contributed by atoms with E-state index >= 15 is 0 Å². The highest BCUT2D eigenvalue weighted by Gasteiger charge is 2.16. The van der Waals surface area contributed by atoms with Gasteiger partial charge in [0, 0.05) is 17.8 Å². The van der Waals surface area contributed by atoms with Gasteiger partial charge in [0.25, 0.3) is 5.91 Å². The molecule has 3 aromatic rings. The zero-order chi connectivity index (χ0) is 26.2. The van der Waals surface area contributed by atoms with Crippen LogP contribution in [0.5, 0.6) is 11.5 Å². The number of carbonyl (C=O) groups is 2. The number of benzene rings is 2. The van der Waals surface area contributed by atoms with Crippen molar-refractivity contribution >= 4 is 29.3 Å². The van der Waals surface area contributed by atoms with E-state index in [0.717, 1.165) is 22.4 Å². The molecule has 0 spiro atoms. The smallest absolute Gasteiger partial charge is 0.251 e. The number of anilines is 1. The molecular formula is C26H31N5O4S. The van der Waals surface area contributed by atoms with E-state index in [1.807, 2.05) is 37.5 Å². The molecular weight excluding hydrogens is 478 g/mol. The Balaban J connectivity index is 1.65. The van der Waals surface area contributed by atoms with Gasteiger partial charge in [0.05, 0.1) is 26.5 Å². The Morgan fingerprint density at radius 3 is 2.39 bits per heavy atom. The van der Waals surface area contributed by atoms with E-state index in [-0.39, 0.29) is 24.1 Å². The van der Waals surface area contributed by atoms with Crippen molar-refractivity contribution in [2.45, 2.75) is 39.0 Å². The number of nitrogens with one attached hydrogen (secondary N) is 2. The van der Waals surface area contributed by atoms with E-state index in [0.29, 0.717) is 34.6 Å². The van der Waals surface area contributed by atoms with E-state index in [4.69, 9.17) is 9.47 Å². The van der Waals surface area contributed by atoms with Gasteiger partial charge in [-0.3, -0.25) is 9.59 Å². The van der Waals surface area contributed by atoms with Gasteiger partial charge in [0.15, 0.2) is 22.5 Å². The fourth-order valence-corrected chi connectivity index (χ4v) is 4.56. The molecule has 0 radical (unpaired) electrons. The molecule has 0 fully saturated rings. The molecule has 0 aliphatic rings. The first kappa shape index (κ1) is 26.8. The van der Waals surface area contributed by atoms with Crippen LogP contribution in [0.4, 0.5) is 5.69 Å². The van der Waals surface area contributed by atoms with Gasteiger partial charge in [-0.05, 0) is 50.1 Å². The van der Waals surface area contributed by atoms with Crippen molar-refractivity contribution in [1.29, 1.82) is 0 Å². The molecule has 0 aliphatic heterocycles. The van der Waals surface area contributed by atoms with Gasteiger partial charge < -0.3 is 24.7 Å². The largest absolute Gasteiger partial charge is 0.493 e. The lowest BCUT2D eigenvalue weighted by Crippen LogP contribution is -2.25. The molecule has 2 N–H and O–H groups in total. The molecule has 3 rings (SSSR count). The number of nitrogens with zero attached hydrogens (tertiary/aromatic N) is 3. The number of aryl methyl sites for hydroxylation is 3. The van der Waals surface area contributed by atoms with Crippen molar-refractivity contribution in [2.24, 2.45) is 0 Å². The summed E-state index contributed by atoms with van der Waals surface area (Å²) in [6.45, 7) is 10.4. The van der Waals surface area contributed by atoms with Gasteiger partial charge in [0.2, 0.25) is 5.91 Å². The number of ether oxygens (including phenoxy) is 2. The first-order chi connectivity index (χ1) is 17.3. The van der Waals surface area contributed by atoms with Crippen LogP contribution in [-0.4, -0.2) is 46.6 Å². The summed E-state index contributed by atoms with van der Waals surface area (Å²) >= 11 is 1.28. The summed E-state index contributed by atoms with van der Waals surface area (Å²) in [4.78, 5) is 25.3. The van der Waals surface area contributed by atoms with Crippen LogP contribution in [0.3, 0.4) is 0 Å². The predicted octanol–water partition coefficient (Wildman–Crippen LogP) is 4.07. The van der Waals surface area contributed by atoms with Crippen molar-refractivity contribution in [2.75, 3.05) is 25.3 Å². The molecule has 1 heterocycles. The lowest BCUT2D eigenvalue weighted by molar-refractivity contribution is -0.113. The second-order valence-electron chi connectivity index (χ2n) is 8.16. The number of hydrogen-bond acceptors (Lipinski definition) is 7. The van der Waals surface area contributed by atoms with E-state index in [1.54, 1.807) is 24.3 Å². The summed E-state index contributed by atoms with van der Waals surface area (Å²) in [5.41, 5.74) is 4.45. The maximum Gasteiger partial charge on any atom is 0.251 e. The highest BCUT2D eigenvalue weighted by atomic mass is 32.2. The maximum absolute atomic E-state index is 12.7. The van der Waals surface area contributed by atoms with E-state index in [1.165, 1.54) is 26.0 Å². The summed E-state index contributed by atoms with van der Waals surface area (Å²) in [6.07, 6.45) is 1.71. The van der Waals surface area contributed by atoms with E-state index in [9.17, 15) is 9.59 Å². The minimum atomic E-state index is -0.290. The Labute approximate surface area is 215 Å². The van der Waals surface area contributed by atoms with Crippen LogP contribution in [0.15, 0.2) is 48.1 Å². The number of amides is 2. The van der Waals surface area contributed by atoms with Crippen molar-refractivity contribution in [3.8, 4) is 11.5 Å². The summed E-state index contributed by atoms with van der Waals surface area (Å²) in [6, 6.07) is 9.02. The quantitative estimate of drug-likeness (QED) is 0.296. The zero-order valence-corrected chi connectivity index (χ0v) is 22.0. The molecule has 2 amide bonds. The van der Waals surface area contributed by atoms with Crippen molar-refractivity contribution < 1.29 is 19.1 Å². The molecule has 0 saturated carbocycles. The van der Waals surface area contributed by atoms with E-state index in [2.05, 4.69) is 27.4 Å². The average Bonchev–Trinajstić information content (AvgIpc) is 3.24. The van der Waals surface area contributed by atoms with Crippen LogP contribution in [0, 0.1) is 20.8 Å². The number of carbonyl (C=O) groups excluding carboxylic acids is 2. The van der Waals surface area contributed by atoms with Crippen LogP contribution >= 0.6 is 11.8 Å². The first-order valence-electron chi connectivity index (χ1n) is 11.3. The van der Waals surface area contributed by atoms with Gasteiger partial charge in [-0.25, -0.2) is 0 Å². The van der Waals surface area contributed by atoms with Gasteiger partial charge >= 0.3 is 0 Å². The lowest BCUT2D eigenvalue weighted by atomic mass is 10.1. The Bertz CT molecular complexity index is 1250. The highest BCUT2D eigenvalue weighted by molar-refractivity contribution is 7.99. The Morgan fingerprint density at radius 2 is 1.75 bits per heavy atom. The van der Waals surface area contributed by atoms with Crippen LogP contribution < -0.4 is 20.1 Å². The van der Waals surface area contributed by atoms with Crippen LogP contribution in [-0.2, 0) is 17.9 Å². The summed E-state index contributed by atoms with van der Waals surface area (Å²) in [5.74, 6) is 1.30. The molecule has 10 heteroatoms. The molecule has 2 aromatic carbocycles. The monoisotopic (exact) mass is 509 g/mol. The second-order valence-corrected chi connectivity index (χ2v) is 9.10. The molecule has 0 saturated heterocycles. The highest BCUT2D eigenvalue weighted by Crippen LogP contribution is 2.27. The molecule has 9 nitrogen and oxygen atoms in total. The molecule has 0 bridgehead atoms. The zero-order valence-electron chi connectivity index (χ0n) is 21.2. The Hall–Kier alpha value is -3.79. The maximum atomic E-state index is 12.7. The molecule has 1 aromatic heterocycles. The molecule has 0 unspecified atom stereocenters. The predicted molar refractivity (Wildman–Crippen MR) is 141 cm³/mol. The van der Waals surface area contributed by atoms with Gasteiger partial charge in [0.1, 0.15) is 0 Å². The molecule has 190 valence electrons. The van der Waals surface area contributed by atoms with Gasteiger partial charge in [-0.1, -0.05) is 35.5 Å². The number of methoxy groups -OCH3 is 2. The number of thioether (sulfide) groups is 1. The number of allylic oxidation sites excluding steroid dienone is 1. The third-order valence-corrected chi connectivity index (χ3v) is 6.40. The summed E-state index contributed by atoms with van der Waals surface area (Å²) < 4.78 is 12.3. The second kappa shape index (κ2) is 12.3. The standard InChI is InChI=1S/C26H31N5O4S/c1-7-10-31-22(14-27-25(33)19-8-9-20(34-5)21(13-19)35-6)29-30-26(31)36-15-23(32)28-24-17(3)11-16(2)12-18(24)4/h7-9,11-13H,1,10,14-15H2,2-6H3,(H,27,33)(H,28,32). The number of hydrogen-bond donors (Lipinski definition) is 2. The fraction of sp³-hybridized carbons (Fsp3) is 0.308. The number of rotatable bonds is 11.